The van der Waals surface area contributed by atoms with Crippen molar-refractivity contribution < 1.29 is 9.32 Å². The molecular formula is C17H18N6O2. The molecule has 1 atom stereocenters. The van der Waals surface area contributed by atoms with Crippen LogP contribution < -0.4 is 5.73 Å². The molecule has 0 fully saturated rings. The third-order valence-electron chi connectivity index (χ3n) is 4.75. The lowest BCUT2D eigenvalue weighted by atomic mass is 9.87. The zero-order chi connectivity index (χ0) is 17.8. The quantitative estimate of drug-likeness (QED) is 0.765. The van der Waals surface area contributed by atoms with Crippen molar-refractivity contribution in [2.24, 2.45) is 17.8 Å². The molecule has 8 heteroatoms. The highest BCUT2D eigenvalue weighted by molar-refractivity contribution is 5.99. The van der Waals surface area contributed by atoms with Gasteiger partial charge in [-0.05, 0) is 18.6 Å². The Labute approximate surface area is 143 Å². The second-order valence-corrected chi connectivity index (χ2v) is 6.49. The minimum atomic E-state index is -0.691. The lowest BCUT2D eigenvalue weighted by Gasteiger charge is -2.33. The van der Waals surface area contributed by atoms with Crippen molar-refractivity contribution in [3.05, 3.63) is 36.2 Å². The van der Waals surface area contributed by atoms with E-state index >= 15 is 0 Å². The summed E-state index contributed by atoms with van der Waals surface area (Å²) >= 11 is 0. The molecular weight excluding hydrogens is 320 g/mol. The Hall–Kier alpha value is -3.16. The highest BCUT2D eigenvalue weighted by atomic mass is 16.5. The number of nitrogens with zero attached hydrogens (tertiary/aromatic N) is 5. The first kappa shape index (κ1) is 15.4. The normalized spacial score (nSPS) is 21.0. The number of hydrogen-bond acceptors (Lipinski definition) is 6. The van der Waals surface area contributed by atoms with Gasteiger partial charge < -0.3 is 10.3 Å². The van der Waals surface area contributed by atoms with Gasteiger partial charge in [-0.1, -0.05) is 17.3 Å². The summed E-state index contributed by atoms with van der Waals surface area (Å²) in [6.45, 7) is 1.92. The van der Waals surface area contributed by atoms with E-state index < -0.39 is 5.54 Å². The highest BCUT2D eigenvalue weighted by Crippen LogP contribution is 2.36. The monoisotopic (exact) mass is 338 g/mol. The molecule has 25 heavy (non-hydrogen) atoms. The Bertz CT molecular complexity index is 1000. The fourth-order valence-corrected chi connectivity index (χ4v) is 3.20. The summed E-state index contributed by atoms with van der Waals surface area (Å²) in [4.78, 5) is 18.2. The third-order valence-corrected chi connectivity index (χ3v) is 4.75. The molecule has 3 heterocycles. The SMILES string of the molecule is CN1C(=O)C[C@@](C)(c2ccc3c(-c4cnoc4)nn(C)c3c2)N=C1N. The van der Waals surface area contributed by atoms with Crippen LogP contribution in [0, 0.1) is 0 Å². The van der Waals surface area contributed by atoms with Gasteiger partial charge in [0.1, 0.15) is 12.0 Å². The lowest BCUT2D eigenvalue weighted by Crippen LogP contribution is -2.47. The molecule has 4 rings (SSSR count). The van der Waals surface area contributed by atoms with Crippen molar-refractivity contribution >= 4 is 22.8 Å². The molecule has 0 spiro atoms. The van der Waals surface area contributed by atoms with Gasteiger partial charge in [0.25, 0.3) is 0 Å². The van der Waals surface area contributed by atoms with Crippen molar-refractivity contribution in [1.29, 1.82) is 0 Å². The average molecular weight is 338 g/mol. The van der Waals surface area contributed by atoms with E-state index in [0.29, 0.717) is 0 Å². The van der Waals surface area contributed by atoms with Crippen molar-refractivity contribution in [2.45, 2.75) is 18.9 Å². The molecule has 0 saturated heterocycles. The fraction of sp³-hybridized carbons (Fsp3) is 0.294. The second-order valence-electron chi connectivity index (χ2n) is 6.49. The average Bonchev–Trinajstić information content (AvgIpc) is 3.20. The molecule has 1 aromatic carbocycles. The van der Waals surface area contributed by atoms with E-state index in [-0.39, 0.29) is 18.3 Å². The number of rotatable bonds is 2. The summed E-state index contributed by atoms with van der Waals surface area (Å²) in [5.74, 6) is 0.180. The number of aromatic nitrogens is 3. The number of nitrogens with two attached hydrogens (primary N) is 1. The van der Waals surface area contributed by atoms with Crippen LogP contribution in [0.25, 0.3) is 22.2 Å². The largest absolute Gasteiger partial charge is 0.369 e. The van der Waals surface area contributed by atoms with E-state index in [4.69, 9.17) is 10.3 Å². The van der Waals surface area contributed by atoms with Gasteiger partial charge in [0, 0.05) is 19.5 Å². The number of carbonyl (C=O) groups is 1. The second kappa shape index (κ2) is 5.17. The van der Waals surface area contributed by atoms with E-state index in [1.54, 1.807) is 24.2 Å². The van der Waals surface area contributed by atoms with Crippen LogP contribution in [0.3, 0.4) is 0 Å². The van der Waals surface area contributed by atoms with E-state index in [9.17, 15) is 4.79 Å². The van der Waals surface area contributed by atoms with Crippen LogP contribution in [0.2, 0.25) is 0 Å². The van der Waals surface area contributed by atoms with Gasteiger partial charge in [-0.15, -0.1) is 0 Å². The van der Waals surface area contributed by atoms with Crippen molar-refractivity contribution in [1.82, 2.24) is 19.8 Å². The van der Waals surface area contributed by atoms with Gasteiger partial charge in [0.05, 0.1) is 29.2 Å². The van der Waals surface area contributed by atoms with Gasteiger partial charge in [-0.25, -0.2) is 4.99 Å². The topological polar surface area (TPSA) is 103 Å². The lowest BCUT2D eigenvalue weighted by molar-refractivity contribution is -0.128. The van der Waals surface area contributed by atoms with E-state index in [1.807, 2.05) is 32.2 Å². The molecule has 0 unspecified atom stereocenters. The summed E-state index contributed by atoms with van der Waals surface area (Å²) in [5, 5.41) is 9.29. The predicted molar refractivity (Wildman–Crippen MR) is 92.6 cm³/mol. The fourth-order valence-electron chi connectivity index (χ4n) is 3.20. The Morgan fingerprint density at radius 1 is 1.32 bits per heavy atom. The van der Waals surface area contributed by atoms with Crippen LogP contribution in [0.15, 0.2) is 40.2 Å². The zero-order valence-electron chi connectivity index (χ0n) is 14.2. The van der Waals surface area contributed by atoms with Crippen LogP contribution >= 0.6 is 0 Å². The maximum Gasteiger partial charge on any atom is 0.231 e. The first-order valence-electron chi connectivity index (χ1n) is 7.88. The van der Waals surface area contributed by atoms with Crippen LogP contribution in [-0.2, 0) is 17.4 Å². The third kappa shape index (κ3) is 2.29. The summed E-state index contributed by atoms with van der Waals surface area (Å²) in [5.41, 5.74) is 8.71. The predicted octanol–water partition coefficient (Wildman–Crippen LogP) is 1.62. The molecule has 0 bridgehead atoms. The maximum atomic E-state index is 12.2. The Balaban J connectivity index is 1.86. The summed E-state index contributed by atoms with van der Waals surface area (Å²) in [6.07, 6.45) is 3.47. The molecule has 1 aliphatic heterocycles. The molecule has 1 aliphatic rings. The molecule has 1 amide bonds. The van der Waals surface area contributed by atoms with Crippen LogP contribution in [-0.4, -0.2) is 38.8 Å². The maximum absolute atomic E-state index is 12.2. The molecule has 2 aromatic heterocycles. The number of hydrogen-bond donors (Lipinski definition) is 1. The summed E-state index contributed by atoms with van der Waals surface area (Å²) in [7, 11) is 3.51. The van der Waals surface area contributed by atoms with Crippen molar-refractivity contribution in [3.63, 3.8) is 0 Å². The number of aryl methyl sites for hydroxylation is 1. The Morgan fingerprint density at radius 2 is 2.12 bits per heavy atom. The molecule has 0 saturated carbocycles. The number of benzene rings is 1. The van der Waals surface area contributed by atoms with Crippen molar-refractivity contribution in [3.8, 4) is 11.3 Å². The summed E-state index contributed by atoms with van der Waals surface area (Å²) < 4.78 is 6.72. The number of carbonyl (C=O) groups excluding carboxylic acids is 1. The van der Waals surface area contributed by atoms with Crippen molar-refractivity contribution in [2.75, 3.05) is 7.05 Å². The van der Waals surface area contributed by atoms with Gasteiger partial charge in [-0.2, -0.15) is 5.10 Å². The minimum Gasteiger partial charge on any atom is -0.369 e. The van der Waals surface area contributed by atoms with E-state index in [1.165, 1.54) is 4.90 Å². The summed E-state index contributed by atoms with van der Waals surface area (Å²) in [6, 6.07) is 5.96. The number of fused-ring (bicyclic) bond motifs is 1. The Morgan fingerprint density at radius 3 is 2.80 bits per heavy atom. The standard InChI is InChI=1S/C17H18N6O2/c1-17(7-14(24)22(2)16(18)20-17)11-4-5-12-13(6-11)23(3)21-15(12)10-8-19-25-9-10/h4-6,8-9H,7H2,1-3H3,(H2,18,20)/t17-/m0/s1. The van der Waals surface area contributed by atoms with Gasteiger partial charge in [0.2, 0.25) is 5.91 Å². The molecule has 3 aromatic rings. The van der Waals surface area contributed by atoms with Crippen LogP contribution in [0.4, 0.5) is 0 Å². The first-order valence-corrected chi connectivity index (χ1v) is 7.88. The first-order chi connectivity index (χ1) is 11.9. The van der Waals surface area contributed by atoms with Gasteiger partial charge in [0.15, 0.2) is 5.96 Å². The number of aliphatic imine (C=N–C) groups is 1. The van der Waals surface area contributed by atoms with Crippen LogP contribution in [0.5, 0.6) is 0 Å². The Kier molecular flexibility index (Phi) is 3.18. The molecule has 128 valence electrons. The molecule has 2 N–H and O–H groups in total. The van der Waals surface area contributed by atoms with Gasteiger partial charge >= 0.3 is 0 Å². The van der Waals surface area contributed by atoms with E-state index in [2.05, 4.69) is 15.2 Å². The smallest absolute Gasteiger partial charge is 0.231 e. The number of amides is 1. The molecule has 0 aliphatic carbocycles. The molecule has 8 nitrogen and oxygen atoms in total. The number of guanidine groups is 1. The highest BCUT2D eigenvalue weighted by Gasteiger charge is 2.36. The molecule has 0 radical (unpaired) electrons. The van der Waals surface area contributed by atoms with Gasteiger partial charge in [-0.3, -0.25) is 14.4 Å². The zero-order valence-corrected chi connectivity index (χ0v) is 14.2. The van der Waals surface area contributed by atoms with E-state index in [0.717, 1.165) is 27.7 Å². The minimum absolute atomic E-state index is 0.0507. The van der Waals surface area contributed by atoms with Crippen LogP contribution in [0.1, 0.15) is 18.9 Å².